The summed E-state index contributed by atoms with van der Waals surface area (Å²) in [6, 6.07) is 6.87. The monoisotopic (exact) mass is 284 g/mol. The first-order valence-corrected chi connectivity index (χ1v) is 8.19. The lowest BCUT2D eigenvalue weighted by Gasteiger charge is -2.22. The molecule has 1 fully saturated rings. The van der Waals surface area contributed by atoms with E-state index in [1.807, 2.05) is 0 Å². The Morgan fingerprint density at radius 3 is 2.58 bits per heavy atom. The molecule has 19 heavy (non-hydrogen) atoms. The molecular weight excluding hydrogens is 264 g/mol. The molecule has 1 saturated heterocycles. The average molecular weight is 284 g/mol. The van der Waals surface area contributed by atoms with Gasteiger partial charge in [-0.25, -0.2) is 8.42 Å². The molecule has 0 spiro atoms. The Hall–Kier alpha value is -0.910. The average Bonchev–Trinajstić information content (AvgIpc) is 2.40. The molecule has 5 heteroatoms. The SMILES string of the molecule is COCc1ccc(S(=O)(=O)C[C@@H]2CCCCO2)cc1. The maximum atomic E-state index is 12.3. The van der Waals surface area contributed by atoms with Crippen molar-refractivity contribution in [2.24, 2.45) is 0 Å². The van der Waals surface area contributed by atoms with E-state index in [4.69, 9.17) is 9.47 Å². The zero-order valence-electron chi connectivity index (χ0n) is 11.2. The molecule has 0 aromatic heterocycles. The van der Waals surface area contributed by atoms with Crippen molar-refractivity contribution in [1.29, 1.82) is 0 Å². The summed E-state index contributed by atoms with van der Waals surface area (Å²) in [5.74, 6) is 0.0800. The molecule has 0 saturated carbocycles. The molecule has 0 amide bonds. The van der Waals surface area contributed by atoms with Gasteiger partial charge in [0.1, 0.15) is 0 Å². The van der Waals surface area contributed by atoms with Crippen molar-refractivity contribution in [3.8, 4) is 0 Å². The molecule has 0 unspecified atom stereocenters. The normalized spacial score (nSPS) is 20.4. The summed E-state index contributed by atoms with van der Waals surface area (Å²) in [6.45, 7) is 1.17. The van der Waals surface area contributed by atoms with Crippen molar-refractivity contribution < 1.29 is 17.9 Å². The molecule has 1 atom stereocenters. The lowest BCUT2D eigenvalue weighted by molar-refractivity contribution is 0.0305. The fourth-order valence-corrected chi connectivity index (χ4v) is 3.74. The van der Waals surface area contributed by atoms with Gasteiger partial charge < -0.3 is 9.47 Å². The van der Waals surface area contributed by atoms with E-state index >= 15 is 0 Å². The van der Waals surface area contributed by atoms with Crippen molar-refractivity contribution in [3.05, 3.63) is 29.8 Å². The van der Waals surface area contributed by atoms with Crippen LogP contribution < -0.4 is 0 Å². The summed E-state index contributed by atoms with van der Waals surface area (Å²) in [7, 11) is -1.64. The lowest BCUT2D eigenvalue weighted by Crippen LogP contribution is -2.27. The van der Waals surface area contributed by atoms with E-state index in [0.29, 0.717) is 18.1 Å². The van der Waals surface area contributed by atoms with Crippen LogP contribution in [0.3, 0.4) is 0 Å². The largest absolute Gasteiger partial charge is 0.380 e. The highest BCUT2D eigenvalue weighted by Gasteiger charge is 2.23. The van der Waals surface area contributed by atoms with Gasteiger partial charge in [-0.2, -0.15) is 0 Å². The standard InChI is InChI=1S/C14H20O4S/c1-17-10-12-5-7-14(8-6-12)19(15,16)11-13-4-2-3-9-18-13/h5-8,13H,2-4,9-11H2,1H3/t13-/m0/s1. The minimum atomic E-state index is -3.26. The molecule has 1 aromatic carbocycles. The van der Waals surface area contributed by atoms with E-state index in [1.54, 1.807) is 31.4 Å². The third kappa shape index (κ3) is 4.03. The van der Waals surface area contributed by atoms with Crippen molar-refractivity contribution in [3.63, 3.8) is 0 Å². The topological polar surface area (TPSA) is 52.6 Å². The molecule has 0 radical (unpaired) electrons. The van der Waals surface area contributed by atoms with Gasteiger partial charge in [0.05, 0.1) is 23.4 Å². The lowest BCUT2D eigenvalue weighted by atomic mass is 10.1. The van der Waals surface area contributed by atoms with Crippen LogP contribution in [-0.2, 0) is 25.9 Å². The molecular formula is C14H20O4S. The van der Waals surface area contributed by atoms with Gasteiger partial charge in [0.25, 0.3) is 0 Å². The maximum absolute atomic E-state index is 12.3. The second-order valence-electron chi connectivity index (χ2n) is 4.85. The molecule has 2 rings (SSSR count). The number of ether oxygens (including phenoxy) is 2. The number of sulfone groups is 1. The second kappa shape index (κ2) is 6.50. The van der Waals surface area contributed by atoms with Crippen LogP contribution in [0.5, 0.6) is 0 Å². The molecule has 1 aliphatic rings. The molecule has 0 N–H and O–H groups in total. The molecule has 1 heterocycles. The molecule has 0 bridgehead atoms. The van der Waals surface area contributed by atoms with Gasteiger partial charge in [0, 0.05) is 13.7 Å². The quantitative estimate of drug-likeness (QED) is 0.831. The van der Waals surface area contributed by atoms with Crippen LogP contribution in [0.4, 0.5) is 0 Å². The Bertz CT molecular complexity index is 487. The number of methoxy groups -OCH3 is 1. The van der Waals surface area contributed by atoms with Gasteiger partial charge in [-0.3, -0.25) is 0 Å². The van der Waals surface area contributed by atoms with Crippen LogP contribution in [0, 0.1) is 0 Å². The van der Waals surface area contributed by atoms with E-state index in [1.165, 1.54) is 0 Å². The molecule has 0 aliphatic carbocycles. The number of hydrogen-bond donors (Lipinski definition) is 0. The minimum absolute atomic E-state index is 0.0800. The summed E-state index contributed by atoms with van der Waals surface area (Å²) in [6.07, 6.45) is 2.76. The van der Waals surface area contributed by atoms with Crippen LogP contribution in [-0.4, -0.2) is 34.0 Å². The van der Waals surface area contributed by atoms with E-state index < -0.39 is 9.84 Å². The number of rotatable bonds is 5. The Morgan fingerprint density at radius 1 is 1.26 bits per heavy atom. The summed E-state index contributed by atoms with van der Waals surface area (Å²) in [5, 5.41) is 0. The first kappa shape index (κ1) is 14.5. The van der Waals surface area contributed by atoms with Gasteiger partial charge in [-0.1, -0.05) is 12.1 Å². The highest BCUT2D eigenvalue weighted by Crippen LogP contribution is 2.19. The zero-order chi connectivity index (χ0) is 13.7. The molecule has 1 aliphatic heterocycles. The highest BCUT2D eigenvalue weighted by atomic mass is 32.2. The van der Waals surface area contributed by atoms with Gasteiger partial charge in [-0.15, -0.1) is 0 Å². The summed E-state index contributed by atoms with van der Waals surface area (Å²) >= 11 is 0. The van der Waals surface area contributed by atoms with Crippen molar-refractivity contribution in [2.45, 2.75) is 36.9 Å². The van der Waals surface area contributed by atoms with E-state index in [9.17, 15) is 8.42 Å². The van der Waals surface area contributed by atoms with Crippen LogP contribution in [0.25, 0.3) is 0 Å². The number of benzene rings is 1. The first-order chi connectivity index (χ1) is 9.12. The Morgan fingerprint density at radius 2 is 2.00 bits per heavy atom. The molecule has 1 aromatic rings. The fraction of sp³-hybridized carbons (Fsp3) is 0.571. The van der Waals surface area contributed by atoms with Crippen LogP contribution in [0.1, 0.15) is 24.8 Å². The zero-order valence-corrected chi connectivity index (χ0v) is 12.0. The maximum Gasteiger partial charge on any atom is 0.180 e. The van der Waals surface area contributed by atoms with Crippen molar-refractivity contribution in [1.82, 2.24) is 0 Å². The van der Waals surface area contributed by atoms with Crippen LogP contribution in [0.15, 0.2) is 29.2 Å². The van der Waals surface area contributed by atoms with Crippen molar-refractivity contribution in [2.75, 3.05) is 19.5 Å². The Labute approximate surface area is 114 Å². The predicted octanol–water partition coefficient (Wildman–Crippen LogP) is 2.18. The Kier molecular flexibility index (Phi) is 4.96. The van der Waals surface area contributed by atoms with Crippen LogP contribution >= 0.6 is 0 Å². The minimum Gasteiger partial charge on any atom is -0.380 e. The van der Waals surface area contributed by atoms with Crippen molar-refractivity contribution >= 4 is 9.84 Å². The van der Waals surface area contributed by atoms with E-state index in [0.717, 1.165) is 24.8 Å². The second-order valence-corrected chi connectivity index (χ2v) is 6.88. The fourth-order valence-electron chi connectivity index (χ4n) is 2.24. The molecule has 4 nitrogen and oxygen atoms in total. The molecule has 106 valence electrons. The smallest absolute Gasteiger partial charge is 0.180 e. The van der Waals surface area contributed by atoms with E-state index in [-0.39, 0.29) is 11.9 Å². The summed E-state index contributed by atoms with van der Waals surface area (Å²) in [5.41, 5.74) is 0.968. The highest BCUT2D eigenvalue weighted by molar-refractivity contribution is 7.91. The van der Waals surface area contributed by atoms with Crippen LogP contribution in [0.2, 0.25) is 0 Å². The van der Waals surface area contributed by atoms with Gasteiger partial charge in [0.15, 0.2) is 9.84 Å². The number of hydrogen-bond acceptors (Lipinski definition) is 4. The van der Waals surface area contributed by atoms with Gasteiger partial charge >= 0.3 is 0 Å². The predicted molar refractivity (Wildman–Crippen MR) is 72.8 cm³/mol. The van der Waals surface area contributed by atoms with Gasteiger partial charge in [0.2, 0.25) is 0 Å². The summed E-state index contributed by atoms with van der Waals surface area (Å²) in [4.78, 5) is 0.363. The van der Waals surface area contributed by atoms with E-state index in [2.05, 4.69) is 0 Å². The Balaban J connectivity index is 2.05. The summed E-state index contributed by atoms with van der Waals surface area (Å²) < 4.78 is 35.0. The third-order valence-corrected chi connectivity index (χ3v) is 5.07. The van der Waals surface area contributed by atoms with Gasteiger partial charge in [-0.05, 0) is 37.0 Å². The third-order valence-electron chi connectivity index (χ3n) is 3.27. The first-order valence-electron chi connectivity index (χ1n) is 6.54.